The smallest absolute Gasteiger partial charge is 0.348 e. The van der Waals surface area contributed by atoms with Gasteiger partial charge >= 0.3 is 11.9 Å². The van der Waals surface area contributed by atoms with Gasteiger partial charge < -0.3 is 20.9 Å². The Balaban J connectivity index is 2.26. The van der Waals surface area contributed by atoms with E-state index in [2.05, 4.69) is 0 Å². The SMILES string of the molecule is CCOC(=O)c1sc(N)c(C#N)c1COC(=O)c1ccc(F)cc1N. The minimum atomic E-state index is -0.819. The molecule has 1 aromatic heterocycles. The number of nitrogen functional groups attached to an aromatic ring is 2. The summed E-state index contributed by atoms with van der Waals surface area (Å²) in [5.41, 5.74) is 11.4. The Bertz CT molecular complexity index is 873. The molecular weight excluding hydrogens is 349 g/mol. The van der Waals surface area contributed by atoms with Crippen LogP contribution < -0.4 is 11.5 Å². The van der Waals surface area contributed by atoms with Gasteiger partial charge in [0.05, 0.1) is 17.7 Å². The van der Waals surface area contributed by atoms with Gasteiger partial charge in [0, 0.05) is 11.3 Å². The van der Waals surface area contributed by atoms with Crippen molar-refractivity contribution in [3.05, 3.63) is 45.6 Å². The van der Waals surface area contributed by atoms with Crippen molar-refractivity contribution in [2.75, 3.05) is 18.1 Å². The van der Waals surface area contributed by atoms with Crippen LogP contribution in [0.25, 0.3) is 0 Å². The number of anilines is 2. The molecule has 9 heteroatoms. The van der Waals surface area contributed by atoms with Crippen molar-refractivity contribution in [1.82, 2.24) is 0 Å². The van der Waals surface area contributed by atoms with Crippen molar-refractivity contribution in [1.29, 1.82) is 5.26 Å². The number of rotatable bonds is 5. The third-order valence-corrected chi connectivity index (χ3v) is 4.23. The molecule has 0 unspecified atom stereocenters. The van der Waals surface area contributed by atoms with Crippen molar-refractivity contribution < 1.29 is 23.5 Å². The fourth-order valence-corrected chi connectivity index (χ4v) is 2.96. The molecule has 0 radical (unpaired) electrons. The van der Waals surface area contributed by atoms with Crippen LogP contribution in [0.1, 0.15) is 38.1 Å². The average molecular weight is 363 g/mol. The van der Waals surface area contributed by atoms with Crippen molar-refractivity contribution in [2.45, 2.75) is 13.5 Å². The fourth-order valence-electron chi connectivity index (χ4n) is 2.04. The number of benzene rings is 1. The van der Waals surface area contributed by atoms with Crippen LogP contribution in [-0.4, -0.2) is 18.5 Å². The predicted molar refractivity (Wildman–Crippen MR) is 89.3 cm³/mol. The van der Waals surface area contributed by atoms with E-state index in [4.69, 9.17) is 20.9 Å². The number of hydrogen-bond acceptors (Lipinski definition) is 8. The van der Waals surface area contributed by atoms with E-state index in [1.54, 1.807) is 6.92 Å². The summed E-state index contributed by atoms with van der Waals surface area (Å²) in [4.78, 5) is 24.2. The number of ether oxygens (including phenoxy) is 2. The molecule has 7 nitrogen and oxygen atoms in total. The van der Waals surface area contributed by atoms with Crippen LogP contribution in [0.15, 0.2) is 18.2 Å². The molecule has 0 atom stereocenters. The lowest BCUT2D eigenvalue weighted by molar-refractivity contribution is 0.0453. The van der Waals surface area contributed by atoms with E-state index < -0.39 is 17.8 Å². The minimum Gasteiger partial charge on any atom is -0.462 e. The number of carbonyl (C=O) groups excluding carboxylic acids is 2. The number of thiophene rings is 1. The van der Waals surface area contributed by atoms with Crippen LogP contribution in [0.5, 0.6) is 0 Å². The molecule has 0 bridgehead atoms. The Morgan fingerprint density at radius 1 is 1.28 bits per heavy atom. The molecule has 0 fully saturated rings. The van der Waals surface area contributed by atoms with Crippen LogP contribution >= 0.6 is 11.3 Å². The van der Waals surface area contributed by atoms with Gasteiger partial charge in [-0.15, -0.1) is 11.3 Å². The predicted octanol–water partition coefficient (Wildman–Crippen LogP) is 2.46. The van der Waals surface area contributed by atoms with E-state index in [-0.39, 0.29) is 45.5 Å². The summed E-state index contributed by atoms with van der Waals surface area (Å²) in [5, 5.41) is 9.33. The summed E-state index contributed by atoms with van der Waals surface area (Å²) in [6.45, 7) is 1.40. The highest BCUT2D eigenvalue weighted by Gasteiger charge is 2.24. The molecule has 2 aromatic rings. The van der Waals surface area contributed by atoms with Gasteiger partial charge in [-0.25, -0.2) is 14.0 Å². The van der Waals surface area contributed by atoms with E-state index in [1.165, 1.54) is 6.07 Å². The Labute approximate surface area is 146 Å². The van der Waals surface area contributed by atoms with E-state index >= 15 is 0 Å². The monoisotopic (exact) mass is 363 g/mol. The first-order valence-electron chi connectivity index (χ1n) is 7.09. The standard InChI is InChI=1S/C16H14FN3O4S/c1-2-23-16(22)13-11(10(6-18)14(20)25-13)7-24-15(21)9-4-3-8(17)5-12(9)19/h3-5H,2,7,19-20H2,1H3. The molecule has 0 spiro atoms. The van der Waals surface area contributed by atoms with Crippen LogP contribution in [0, 0.1) is 17.1 Å². The molecular formula is C16H14FN3O4S. The number of hydrogen-bond donors (Lipinski definition) is 2. The third-order valence-electron chi connectivity index (χ3n) is 3.19. The first-order chi connectivity index (χ1) is 11.9. The average Bonchev–Trinajstić information content (AvgIpc) is 2.88. The van der Waals surface area contributed by atoms with Gasteiger partial charge in [-0.05, 0) is 25.1 Å². The molecule has 0 aliphatic carbocycles. The Morgan fingerprint density at radius 3 is 2.60 bits per heavy atom. The zero-order valence-corrected chi connectivity index (χ0v) is 14.0. The number of nitrogens with two attached hydrogens (primary N) is 2. The summed E-state index contributed by atoms with van der Waals surface area (Å²) >= 11 is 0.881. The maximum atomic E-state index is 13.0. The summed E-state index contributed by atoms with van der Waals surface area (Å²) in [6, 6.07) is 5.12. The van der Waals surface area contributed by atoms with Crippen molar-refractivity contribution in [3.8, 4) is 6.07 Å². The van der Waals surface area contributed by atoms with Gasteiger partial charge in [0.2, 0.25) is 0 Å². The van der Waals surface area contributed by atoms with Crippen LogP contribution in [-0.2, 0) is 16.1 Å². The lowest BCUT2D eigenvalue weighted by Crippen LogP contribution is -2.11. The molecule has 1 heterocycles. The van der Waals surface area contributed by atoms with Gasteiger partial charge in [-0.1, -0.05) is 0 Å². The zero-order valence-electron chi connectivity index (χ0n) is 13.2. The molecule has 2 rings (SSSR count). The van der Waals surface area contributed by atoms with E-state index in [1.807, 2.05) is 6.07 Å². The zero-order chi connectivity index (χ0) is 18.6. The molecule has 0 aliphatic heterocycles. The number of nitrogens with zero attached hydrogens (tertiary/aromatic N) is 1. The molecule has 130 valence electrons. The third kappa shape index (κ3) is 3.87. The number of nitriles is 1. The Kier molecular flexibility index (Phi) is 5.56. The lowest BCUT2D eigenvalue weighted by Gasteiger charge is -2.08. The molecule has 4 N–H and O–H groups in total. The van der Waals surface area contributed by atoms with Crippen LogP contribution in [0.3, 0.4) is 0 Å². The second-order valence-corrected chi connectivity index (χ2v) is 5.84. The number of halogens is 1. The largest absolute Gasteiger partial charge is 0.462 e. The Morgan fingerprint density at radius 2 is 2.00 bits per heavy atom. The lowest BCUT2D eigenvalue weighted by atomic mass is 10.1. The van der Waals surface area contributed by atoms with Gasteiger partial charge in [-0.3, -0.25) is 0 Å². The second kappa shape index (κ2) is 7.63. The highest BCUT2D eigenvalue weighted by molar-refractivity contribution is 7.18. The number of carbonyl (C=O) groups is 2. The normalized spacial score (nSPS) is 10.1. The topological polar surface area (TPSA) is 128 Å². The second-order valence-electron chi connectivity index (χ2n) is 4.79. The molecule has 0 saturated carbocycles. The summed E-state index contributed by atoms with van der Waals surface area (Å²) in [5.74, 6) is -2.06. The molecule has 25 heavy (non-hydrogen) atoms. The molecule has 0 aliphatic rings. The highest BCUT2D eigenvalue weighted by atomic mass is 32.1. The maximum Gasteiger partial charge on any atom is 0.348 e. The van der Waals surface area contributed by atoms with E-state index in [0.717, 1.165) is 23.5 Å². The highest BCUT2D eigenvalue weighted by Crippen LogP contribution is 2.32. The van der Waals surface area contributed by atoms with E-state index in [9.17, 15) is 19.2 Å². The van der Waals surface area contributed by atoms with Gasteiger partial charge in [0.25, 0.3) is 0 Å². The molecule has 1 aromatic carbocycles. The molecule has 0 amide bonds. The van der Waals surface area contributed by atoms with Crippen LogP contribution in [0.2, 0.25) is 0 Å². The summed E-state index contributed by atoms with van der Waals surface area (Å²) in [6.07, 6.45) is 0. The fraction of sp³-hybridized carbons (Fsp3) is 0.188. The van der Waals surface area contributed by atoms with Crippen molar-refractivity contribution >= 4 is 34.0 Å². The maximum absolute atomic E-state index is 13.0. The quantitative estimate of drug-likeness (QED) is 0.616. The van der Waals surface area contributed by atoms with Gasteiger partial charge in [0.1, 0.15) is 28.4 Å². The first kappa shape index (κ1) is 18.2. The summed E-state index contributed by atoms with van der Waals surface area (Å²) < 4.78 is 23.1. The van der Waals surface area contributed by atoms with Gasteiger partial charge in [-0.2, -0.15) is 5.26 Å². The molecule has 0 saturated heterocycles. The van der Waals surface area contributed by atoms with E-state index in [0.29, 0.717) is 0 Å². The summed E-state index contributed by atoms with van der Waals surface area (Å²) in [7, 11) is 0. The first-order valence-corrected chi connectivity index (χ1v) is 7.91. The van der Waals surface area contributed by atoms with Crippen LogP contribution in [0.4, 0.5) is 15.1 Å². The minimum absolute atomic E-state index is 0.0270. The number of esters is 2. The Hall–Kier alpha value is -3.12. The van der Waals surface area contributed by atoms with Gasteiger partial charge in [0.15, 0.2) is 0 Å². The van der Waals surface area contributed by atoms with Crippen molar-refractivity contribution in [3.63, 3.8) is 0 Å². The van der Waals surface area contributed by atoms with Crippen molar-refractivity contribution in [2.24, 2.45) is 0 Å².